The molecule has 0 aliphatic carbocycles. The molecule has 0 fully saturated rings. The second kappa shape index (κ2) is 3.52. The molecule has 7 heteroatoms. The third-order valence-corrected chi connectivity index (χ3v) is 1.98. The van der Waals surface area contributed by atoms with Crippen molar-refractivity contribution in [3.8, 4) is 0 Å². The molecule has 0 unspecified atom stereocenters. The Kier molecular flexibility index (Phi) is 2.20. The molecule has 2 heterocycles. The van der Waals surface area contributed by atoms with E-state index in [1.807, 2.05) is 0 Å². The zero-order valence-electron chi connectivity index (χ0n) is 7.91. The molecule has 15 heavy (non-hydrogen) atoms. The summed E-state index contributed by atoms with van der Waals surface area (Å²) in [4.78, 5) is 10.8. The summed E-state index contributed by atoms with van der Waals surface area (Å²) < 4.78 is 5.83. The van der Waals surface area contributed by atoms with Gasteiger partial charge in [-0.3, -0.25) is 4.68 Å². The van der Waals surface area contributed by atoms with E-state index in [0.29, 0.717) is 11.4 Å². The Morgan fingerprint density at radius 2 is 2.40 bits per heavy atom. The van der Waals surface area contributed by atoms with Crippen LogP contribution in [-0.2, 0) is 6.54 Å². The van der Waals surface area contributed by atoms with Gasteiger partial charge in [0.05, 0.1) is 6.54 Å². The highest BCUT2D eigenvalue weighted by atomic mass is 16.6. The van der Waals surface area contributed by atoms with Gasteiger partial charge < -0.3 is 5.11 Å². The summed E-state index contributed by atoms with van der Waals surface area (Å²) in [5, 5.41) is 20.0. The zero-order chi connectivity index (χ0) is 10.8. The number of nitrogens with zero attached hydrogens (tertiary/aromatic N) is 4. The van der Waals surface area contributed by atoms with Crippen LogP contribution in [0, 0.1) is 6.92 Å². The monoisotopic (exact) mass is 208 g/mol. The lowest BCUT2D eigenvalue weighted by Gasteiger charge is -2.00. The molecule has 2 rings (SSSR count). The Morgan fingerprint density at radius 1 is 1.60 bits per heavy atom. The van der Waals surface area contributed by atoms with Gasteiger partial charge in [-0.25, -0.2) is 9.42 Å². The van der Waals surface area contributed by atoms with Crippen LogP contribution in [0.3, 0.4) is 0 Å². The summed E-state index contributed by atoms with van der Waals surface area (Å²) in [6, 6.07) is 1.42. The van der Waals surface area contributed by atoms with Gasteiger partial charge in [0, 0.05) is 6.20 Å². The molecular formula is C8H8N4O3. The van der Waals surface area contributed by atoms with Gasteiger partial charge in [0.2, 0.25) is 0 Å². The normalized spacial score (nSPS) is 10.5. The van der Waals surface area contributed by atoms with Crippen LogP contribution in [0.25, 0.3) is 0 Å². The van der Waals surface area contributed by atoms with Crippen LogP contribution in [0.2, 0.25) is 0 Å². The Morgan fingerprint density at radius 3 is 3.00 bits per heavy atom. The van der Waals surface area contributed by atoms with Gasteiger partial charge in [-0.1, -0.05) is 10.3 Å². The summed E-state index contributed by atoms with van der Waals surface area (Å²) in [5.74, 6) is -1.03. The first kappa shape index (κ1) is 9.38. The van der Waals surface area contributed by atoms with Gasteiger partial charge in [-0.2, -0.15) is 5.10 Å². The number of rotatable bonds is 3. The van der Waals surface area contributed by atoms with Crippen molar-refractivity contribution in [2.45, 2.75) is 13.5 Å². The Balaban J connectivity index is 2.28. The van der Waals surface area contributed by atoms with Crippen molar-refractivity contribution in [1.82, 2.24) is 20.1 Å². The summed E-state index contributed by atoms with van der Waals surface area (Å²) in [5.41, 5.74) is 1.31. The summed E-state index contributed by atoms with van der Waals surface area (Å²) >= 11 is 0. The average Bonchev–Trinajstić information content (AvgIpc) is 2.77. The standard InChI is InChI=1S/C8H8N4O3/c1-5-6(11-15-10-5)4-12-7(8(13)14)2-3-9-12/h2-3H,4H2,1H3,(H,13,14). The van der Waals surface area contributed by atoms with Gasteiger partial charge in [0.1, 0.15) is 17.1 Å². The molecule has 0 amide bonds. The van der Waals surface area contributed by atoms with E-state index in [2.05, 4.69) is 20.0 Å². The molecule has 0 saturated heterocycles. The lowest BCUT2D eigenvalue weighted by Crippen LogP contribution is -2.11. The molecule has 0 aromatic carbocycles. The first-order valence-electron chi connectivity index (χ1n) is 4.21. The van der Waals surface area contributed by atoms with Crippen LogP contribution in [-0.4, -0.2) is 31.2 Å². The van der Waals surface area contributed by atoms with Crippen molar-refractivity contribution in [2.75, 3.05) is 0 Å². The van der Waals surface area contributed by atoms with E-state index in [0.717, 1.165) is 0 Å². The number of carboxylic acids is 1. The maximum Gasteiger partial charge on any atom is 0.354 e. The molecular weight excluding hydrogens is 200 g/mol. The van der Waals surface area contributed by atoms with Crippen LogP contribution in [0.5, 0.6) is 0 Å². The highest BCUT2D eigenvalue weighted by molar-refractivity contribution is 5.85. The Hall–Kier alpha value is -2.18. The second-order valence-electron chi connectivity index (χ2n) is 2.98. The third kappa shape index (κ3) is 1.71. The smallest absolute Gasteiger partial charge is 0.354 e. The molecule has 2 aromatic heterocycles. The zero-order valence-corrected chi connectivity index (χ0v) is 7.91. The molecule has 0 aliphatic heterocycles. The molecule has 0 atom stereocenters. The Labute approximate surface area is 84.3 Å². The minimum Gasteiger partial charge on any atom is -0.477 e. The maximum atomic E-state index is 10.8. The largest absolute Gasteiger partial charge is 0.477 e. The number of hydrogen-bond donors (Lipinski definition) is 1. The van der Waals surface area contributed by atoms with E-state index in [1.54, 1.807) is 6.92 Å². The summed E-state index contributed by atoms with van der Waals surface area (Å²) in [7, 11) is 0. The highest BCUT2D eigenvalue weighted by Gasteiger charge is 2.13. The van der Waals surface area contributed by atoms with Crippen LogP contribution < -0.4 is 0 Å². The molecule has 0 saturated carbocycles. The van der Waals surface area contributed by atoms with Crippen molar-refractivity contribution >= 4 is 5.97 Å². The molecule has 0 radical (unpaired) electrons. The molecule has 1 N–H and O–H groups in total. The minimum atomic E-state index is -1.03. The first-order chi connectivity index (χ1) is 7.18. The fraction of sp³-hybridized carbons (Fsp3) is 0.250. The second-order valence-corrected chi connectivity index (χ2v) is 2.98. The average molecular weight is 208 g/mol. The van der Waals surface area contributed by atoms with E-state index in [1.165, 1.54) is 16.9 Å². The van der Waals surface area contributed by atoms with Crippen LogP contribution in [0.15, 0.2) is 16.9 Å². The van der Waals surface area contributed by atoms with Crippen molar-refractivity contribution in [2.24, 2.45) is 0 Å². The van der Waals surface area contributed by atoms with E-state index in [4.69, 9.17) is 5.11 Å². The predicted molar refractivity (Wildman–Crippen MR) is 47.3 cm³/mol. The van der Waals surface area contributed by atoms with Crippen molar-refractivity contribution in [3.05, 3.63) is 29.3 Å². The number of carboxylic acid groups (broad SMARTS) is 1. The maximum absolute atomic E-state index is 10.8. The van der Waals surface area contributed by atoms with E-state index < -0.39 is 5.97 Å². The summed E-state index contributed by atoms with van der Waals surface area (Å²) in [6.07, 6.45) is 1.42. The Bertz CT molecular complexity index is 488. The molecule has 2 aromatic rings. The number of aromatic nitrogens is 4. The molecule has 0 spiro atoms. The van der Waals surface area contributed by atoms with Crippen LogP contribution in [0.1, 0.15) is 21.9 Å². The number of aromatic carboxylic acids is 1. The fourth-order valence-electron chi connectivity index (χ4n) is 1.18. The first-order valence-corrected chi connectivity index (χ1v) is 4.21. The van der Waals surface area contributed by atoms with E-state index in [9.17, 15) is 4.79 Å². The van der Waals surface area contributed by atoms with Crippen LogP contribution >= 0.6 is 0 Å². The number of aryl methyl sites for hydroxylation is 1. The number of hydrogen-bond acceptors (Lipinski definition) is 5. The topological polar surface area (TPSA) is 94.0 Å². The van der Waals surface area contributed by atoms with Gasteiger partial charge in [0.15, 0.2) is 0 Å². The van der Waals surface area contributed by atoms with E-state index in [-0.39, 0.29) is 12.2 Å². The summed E-state index contributed by atoms with van der Waals surface area (Å²) in [6.45, 7) is 1.97. The van der Waals surface area contributed by atoms with Crippen molar-refractivity contribution in [3.63, 3.8) is 0 Å². The fourth-order valence-corrected chi connectivity index (χ4v) is 1.18. The van der Waals surface area contributed by atoms with Crippen molar-refractivity contribution in [1.29, 1.82) is 0 Å². The van der Waals surface area contributed by atoms with E-state index >= 15 is 0 Å². The lowest BCUT2D eigenvalue weighted by atomic mass is 10.3. The van der Waals surface area contributed by atoms with Gasteiger partial charge in [-0.15, -0.1) is 0 Å². The molecule has 7 nitrogen and oxygen atoms in total. The minimum absolute atomic E-state index is 0.109. The van der Waals surface area contributed by atoms with Gasteiger partial charge >= 0.3 is 5.97 Å². The molecule has 0 bridgehead atoms. The quantitative estimate of drug-likeness (QED) is 0.780. The molecule has 78 valence electrons. The van der Waals surface area contributed by atoms with Gasteiger partial charge in [-0.05, 0) is 13.0 Å². The molecule has 0 aliphatic rings. The SMILES string of the molecule is Cc1nonc1Cn1nccc1C(=O)O. The van der Waals surface area contributed by atoms with Crippen molar-refractivity contribution < 1.29 is 14.5 Å². The van der Waals surface area contributed by atoms with Crippen LogP contribution in [0.4, 0.5) is 0 Å². The third-order valence-electron chi connectivity index (χ3n) is 1.98. The lowest BCUT2D eigenvalue weighted by molar-refractivity contribution is 0.0684. The predicted octanol–water partition coefficient (Wildman–Crippen LogP) is 0.321. The number of carbonyl (C=O) groups is 1. The van der Waals surface area contributed by atoms with Gasteiger partial charge in [0.25, 0.3) is 0 Å². The highest BCUT2D eigenvalue weighted by Crippen LogP contribution is 2.06.